The van der Waals surface area contributed by atoms with Gasteiger partial charge in [-0.1, -0.05) is 18.2 Å². The number of nitrogens with two attached hydrogens (primary N) is 1. The molecule has 0 fully saturated rings. The third-order valence-electron chi connectivity index (χ3n) is 3.45. The van der Waals surface area contributed by atoms with Crippen LogP contribution in [0, 0.1) is 6.92 Å². The van der Waals surface area contributed by atoms with Crippen molar-refractivity contribution in [2.45, 2.75) is 6.92 Å². The van der Waals surface area contributed by atoms with E-state index >= 15 is 0 Å². The Hall–Kier alpha value is -3.61. The smallest absolute Gasteiger partial charge is 0.255 e. The molecule has 1 aromatic heterocycles. The van der Waals surface area contributed by atoms with E-state index in [0.29, 0.717) is 17.4 Å². The van der Waals surface area contributed by atoms with Gasteiger partial charge in [0.05, 0.1) is 0 Å². The molecule has 1 heterocycles. The predicted molar refractivity (Wildman–Crippen MR) is 101 cm³/mol. The van der Waals surface area contributed by atoms with Crippen molar-refractivity contribution in [3.8, 4) is 5.75 Å². The molecule has 3 aromatic rings. The van der Waals surface area contributed by atoms with Gasteiger partial charge in [-0.2, -0.15) is 0 Å². The highest BCUT2D eigenvalue weighted by molar-refractivity contribution is 5.75. The van der Waals surface area contributed by atoms with E-state index < -0.39 is 5.91 Å². The highest BCUT2D eigenvalue weighted by Crippen LogP contribution is 2.22. The van der Waals surface area contributed by atoms with Gasteiger partial charge in [0.15, 0.2) is 6.61 Å². The number of carbonyl (C=O) groups is 1. The fourth-order valence-electron chi connectivity index (χ4n) is 2.33. The molecule has 0 spiro atoms. The average Bonchev–Trinajstić information content (AvgIpc) is 2.61. The number of aromatic nitrogens is 2. The van der Waals surface area contributed by atoms with Crippen LogP contribution in [0.4, 0.5) is 23.0 Å². The van der Waals surface area contributed by atoms with E-state index in [1.807, 2.05) is 43.3 Å². The van der Waals surface area contributed by atoms with Crippen LogP contribution < -0.4 is 21.1 Å². The molecule has 26 heavy (non-hydrogen) atoms. The van der Waals surface area contributed by atoms with Gasteiger partial charge in [-0.25, -0.2) is 9.97 Å². The summed E-state index contributed by atoms with van der Waals surface area (Å²) in [6.07, 6.45) is 1.48. The minimum absolute atomic E-state index is 0.165. The lowest BCUT2D eigenvalue weighted by Crippen LogP contribution is -2.20. The van der Waals surface area contributed by atoms with E-state index in [2.05, 4.69) is 20.6 Å². The first-order chi connectivity index (χ1) is 12.6. The van der Waals surface area contributed by atoms with Crippen LogP contribution in [-0.2, 0) is 4.79 Å². The van der Waals surface area contributed by atoms with Crippen LogP contribution in [0.2, 0.25) is 0 Å². The van der Waals surface area contributed by atoms with Crippen molar-refractivity contribution >= 4 is 28.9 Å². The maximum Gasteiger partial charge on any atom is 0.255 e. The largest absolute Gasteiger partial charge is 0.484 e. The second kappa shape index (κ2) is 7.98. The second-order valence-electron chi connectivity index (χ2n) is 5.69. The highest BCUT2D eigenvalue weighted by Gasteiger charge is 2.03. The van der Waals surface area contributed by atoms with Crippen LogP contribution in [0.25, 0.3) is 0 Å². The van der Waals surface area contributed by atoms with Crippen molar-refractivity contribution in [3.63, 3.8) is 0 Å². The standard InChI is InChI=1S/C19H19N5O2/c1-13-4-2-5-14(8-13)23-18-10-19(22-12-21-18)24-15-6-3-7-16(9-15)26-11-17(20)25/h2-10,12H,11H2,1H3,(H2,20,25)(H2,21,22,23,24). The van der Waals surface area contributed by atoms with E-state index in [1.54, 1.807) is 18.2 Å². The number of nitrogens with one attached hydrogen (secondary N) is 2. The lowest BCUT2D eigenvalue weighted by molar-refractivity contribution is -0.119. The summed E-state index contributed by atoms with van der Waals surface area (Å²) >= 11 is 0. The van der Waals surface area contributed by atoms with Crippen LogP contribution in [0.5, 0.6) is 5.75 Å². The van der Waals surface area contributed by atoms with Crippen LogP contribution >= 0.6 is 0 Å². The summed E-state index contributed by atoms with van der Waals surface area (Å²) in [5, 5.41) is 6.43. The van der Waals surface area contributed by atoms with Gasteiger partial charge < -0.3 is 21.1 Å². The Kier molecular flexibility index (Phi) is 5.28. The topological polar surface area (TPSA) is 102 Å². The van der Waals surface area contributed by atoms with Crippen LogP contribution in [0.1, 0.15) is 5.56 Å². The summed E-state index contributed by atoms with van der Waals surface area (Å²) < 4.78 is 5.30. The maximum absolute atomic E-state index is 10.8. The molecule has 0 bridgehead atoms. The Morgan fingerprint density at radius 2 is 1.65 bits per heavy atom. The van der Waals surface area contributed by atoms with Crippen molar-refractivity contribution in [2.75, 3.05) is 17.2 Å². The number of primary amides is 1. The third-order valence-corrected chi connectivity index (χ3v) is 3.45. The number of benzene rings is 2. The first-order valence-electron chi connectivity index (χ1n) is 8.02. The minimum Gasteiger partial charge on any atom is -0.484 e. The third kappa shape index (κ3) is 4.94. The summed E-state index contributed by atoms with van der Waals surface area (Å²) in [6.45, 7) is 1.87. The summed E-state index contributed by atoms with van der Waals surface area (Å²) in [6, 6.07) is 17.0. The molecule has 0 aliphatic rings. The molecule has 7 heteroatoms. The molecule has 1 amide bonds. The van der Waals surface area contributed by atoms with Gasteiger partial charge >= 0.3 is 0 Å². The van der Waals surface area contributed by atoms with E-state index in [0.717, 1.165) is 16.9 Å². The fraction of sp³-hybridized carbons (Fsp3) is 0.105. The number of amides is 1. The Morgan fingerprint density at radius 1 is 1.00 bits per heavy atom. The van der Waals surface area contributed by atoms with Crippen molar-refractivity contribution in [1.82, 2.24) is 9.97 Å². The molecule has 3 rings (SSSR count). The fourth-order valence-corrected chi connectivity index (χ4v) is 2.33. The SMILES string of the molecule is Cc1cccc(Nc2cc(Nc3cccc(OCC(N)=O)c3)ncn2)c1. The van der Waals surface area contributed by atoms with Crippen molar-refractivity contribution < 1.29 is 9.53 Å². The van der Waals surface area contributed by atoms with Crippen LogP contribution in [-0.4, -0.2) is 22.5 Å². The highest BCUT2D eigenvalue weighted by atomic mass is 16.5. The van der Waals surface area contributed by atoms with Crippen LogP contribution in [0.15, 0.2) is 60.9 Å². The minimum atomic E-state index is -0.522. The number of hydrogen-bond acceptors (Lipinski definition) is 6. The molecule has 0 aliphatic carbocycles. The quantitative estimate of drug-likeness (QED) is 0.606. The number of carbonyl (C=O) groups excluding carboxylic acids is 1. The molecule has 0 atom stereocenters. The zero-order valence-corrected chi connectivity index (χ0v) is 14.3. The van der Waals surface area contributed by atoms with Gasteiger partial charge in [-0.05, 0) is 36.8 Å². The molecule has 0 unspecified atom stereocenters. The Bertz CT molecular complexity index is 914. The second-order valence-corrected chi connectivity index (χ2v) is 5.69. The number of ether oxygens (including phenoxy) is 1. The van der Waals surface area contributed by atoms with Gasteiger partial charge in [0.2, 0.25) is 0 Å². The number of aryl methyl sites for hydroxylation is 1. The van der Waals surface area contributed by atoms with E-state index in [9.17, 15) is 4.79 Å². The van der Waals surface area contributed by atoms with E-state index in [1.165, 1.54) is 6.33 Å². The summed E-state index contributed by atoms with van der Waals surface area (Å²) in [7, 11) is 0. The van der Waals surface area contributed by atoms with Gasteiger partial charge in [0, 0.05) is 23.5 Å². The molecule has 0 radical (unpaired) electrons. The Balaban J connectivity index is 1.70. The summed E-state index contributed by atoms with van der Waals surface area (Å²) in [5.41, 5.74) is 7.98. The number of anilines is 4. The summed E-state index contributed by atoms with van der Waals surface area (Å²) in [4.78, 5) is 19.3. The molecule has 0 saturated heterocycles. The van der Waals surface area contributed by atoms with Crippen molar-refractivity contribution in [1.29, 1.82) is 0 Å². The van der Waals surface area contributed by atoms with Crippen molar-refractivity contribution in [3.05, 3.63) is 66.5 Å². The predicted octanol–water partition coefficient (Wildman–Crippen LogP) is 3.14. The van der Waals surface area contributed by atoms with Crippen molar-refractivity contribution in [2.24, 2.45) is 5.73 Å². The van der Waals surface area contributed by atoms with Crippen LogP contribution in [0.3, 0.4) is 0 Å². The molecule has 4 N–H and O–H groups in total. The molecule has 0 saturated carbocycles. The molecule has 132 valence electrons. The Labute approximate surface area is 151 Å². The maximum atomic E-state index is 10.8. The van der Waals surface area contributed by atoms with Gasteiger partial charge in [-0.3, -0.25) is 4.79 Å². The molecule has 0 aliphatic heterocycles. The Morgan fingerprint density at radius 3 is 2.31 bits per heavy atom. The zero-order valence-electron chi connectivity index (χ0n) is 14.3. The molecular weight excluding hydrogens is 330 g/mol. The lowest BCUT2D eigenvalue weighted by atomic mass is 10.2. The van der Waals surface area contributed by atoms with Gasteiger partial charge in [0.1, 0.15) is 23.7 Å². The lowest BCUT2D eigenvalue weighted by Gasteiger charge is -2.10. The first-order valence-corrected chi connectivity index (χ1v) is 8.02. The van der Waals surface area contributed by atoms with E-state index in [4.69, 9.17) is 10.5 Å². The first kappa shape index (κ1) is 17.2. The molecule has 2 aromatic carbocycles. The molecular formula is C19H19N5O2. The normalized spacial score (nSPS) is 10.2. The van der Waals surface area contributed by atoms with Gasteiger partial charge in [-0.15, -0.1) is 0 Å². The van der Waals surface area contributed by atoms with Gasteiger partial charge in [0.25, 0.3) is 5.91 Å². The number of nitrogens with zero attached hydrogens (tertiary/aromatic N) is 2. The zero-order chi connectivity index (χ0) is 18.4. The number of hydrogen-bond donors (Lipinski definition) is 3. The summed E-state index contributed by atoms with van der Waals surface area (Å²) in [5.74, 6) is 1.32. The van der Waals surface area contributed by atoms with E-state index in [-0.39, 0.29) is 6.61 Å². The monoisotopic (exact) mass is 349 g/mol. The average molecular weight is 349 g/mol. The number of rotatable bonds is 7. The molecule has 7 nitrogen and oxygen atoms in total.